The number of benzene rings is 2. The predicted molar refractivity (Wildman–Crippen MR) is 110 cm³/mol. The third kappa shape index (κ3) is 2.96. The zero-order chi connectivity index (χ0) is 20.9. The molecule has 0 radical (unpaired) electrons. The van der Waals surface area contributed by atoms with Gasteiger partial charge in [-0.2, -0.15) is 0 Å². The van der Waals surface area contributed by atoms with Gasteiger partial charge in [-0.05, 0) is 49.3 Å². The highest BCUT2D eigenvalue weighted by Gasteiger charge is 2.54. The standard InChI is InChI=1S/C24H24O6/c1-15-23(11-9-17-5-3-7-21(25)19(17)13-27-23)30-16(2)24(29-15)12-10-18-6-4-8-22(26)20(18)14-28-24/h3-12,15-16,25-26H,13-14H2,1-2H3. The summed E-state index contributed by atoms with van der Waals surface area (Å²) in [4.78, 5) is 0. The Morgan fingerprint density at radius 3 is 1.60 bits per heavy atom. The molecular formula is C24H24O6. The van der Waals surface area contributed by atoms with E-state index in [1.807, 2.05) is 50.3 Å². The minimum atomic E-state index is -1.12. The van der Waals surface area contributed by atoms with Gasteiger partial charge in [0.15, 0.2) is 0 Å². The van der Waals surface area contributed by atoms with E-state index in [2.05, 4.69) is 0 Å². The lowest BCUT2D eigenvalue weighted by atomic mass is 10.0. The van der Waals surface area contributed by atoms with Crippen LogP contribution in [0.3, 0.4) is 0 Å². The van der Waals surface area contributed by atoms with E-state index in [4.69, 9.17) is 18.9 Å². The Morgan fingerprint density at radius 2 is 1.17 bits per heavy atom. The second-order valence-electron chi connectivity index (χ2n) is 7.90. The fraction of sp³-hybridized carbons (Fsp3) is 0.333. The zero-order valence-electron chi connectivity index (χ0n) is 16.9. The van der Waals surface area contributed by atoms with Crippen LogP contribution in [0.5, 0.6) is 11.5 Å². The second kappa shape index (κ2) is 6.96. The lowest BCUT2D eigenvalue weighted by Crippen LogP contribution is -2.62. The number of hydrogen-bond acceptors (Lipinski definition) is 6. The smallest absolute Gasteiger partial charge is 0.215 e. The number of phenolic OH excluding ortho intramolecular Hbond substituents is 2. The maximum Gasteiger partial charge on any atom is 0.215 e. The van der Waals surface area contributed by atoms with Crippen LogP contribution >= 0.6 is 0 Å². The van der Waals surface area contributed by atoms with E-state index >= 15 is 0 Å². The van der Waals surface area contributed by atoms with Gasteiger partial charge < -0.3 is 29.2 Å². The lowest BCUT2D eigenvalue weighted by molar-refractivity contribution is -0.408. The summed E-state index contributed by atoms with van der Waals surface area (Å²) in [6.45, 7) is 4.14. The van der Waals surface area contributed by atoms with E-state index in [0.717, 1.165) is 11.1 Å². The van der Waals surface area contributed by atoms with Crippen molar-refractivity contribution in [2.45, 2.75) is 50.8 Å². The molecule has 2 spiro atoms. The Morgan fingerprint density at radius 1 is 0.733 bits per heavy atom. The minimum Gasteiger partial charge on any atom is -0.508 e. The summed E-state index contributed by atoms with van der Waals surface area (Å²) in [5.74, 6) is -1.85. The first kappa shape index (κ1) is 19.3. The van der Waals surface area contributed by atoms with Gasteiger partial charge in [0.1, 0.15) is 23.7 Å². The molecule has 6 nitrogen and oxygen atoms in total. The summed E-state index contributed by atoms with van der Waals surface area (Å²) in [6.07, 6.45) is 6.47. The average molecular weight is 408 g/mol. The van der Waals surface area contributed by atoms with E-state index in [-0.39, 0.29) is 24.7 Å². The topological polar surface area (TPSA) is 77.4 Å². The Hall–Kier alpha value is -2.64. The van der Waals surface area contributed by atoms with Gasteiger partial charge >= 0.3 is 0 Å². The molecule has 6 heteroatoms. The molecule has 0 amide bonds. The van der Waals surface area contributed by atoms with Crippen LogP contribution in [0.25, 0.3) is 12.2 Å². The fourth-order valence-electron chi connectivity index (χ4n) is 4.25. The Kier molecular flexibility index (Phi) is 4.48. The van der Waals surface area contributed by atoms with E-state index in [0.29, 0.717) is 11.1 Å². The van der Waals surface area contributed by atoms with Crippen molar-refractivity contribution < 1.29 is 29.2 Å². The van der Waals surface area contributed by atoms with Gasteiger partial charge in [-0.25, -0.2) is 0 Å². The highest BCUT2D eigenvalue weighted by molar-refractivity contribution is 5.60. The maximum absolute atomic E-state index is 10.2. The van der Waals surface area contributed by atoms with E-state index in [1.165, 1.54) is 0 Å². The van der Waals surface area contributed by atoms with Gasteiger partial charge in [-0.3, -0.25) is 0 Å². The molecule has 3 aliphatic heterocycles. The molecule has 30 heavy (non-hydrogen) atoms. The van der Waals surface area contributed by atoms with Crippen molar-refractivity contribution in [2.75, 3.05) is 0 Å². The van der Waals surface area contributed by atoms with Crippen molar-refractivity contribution in [2.24, 2.45) is 0 Å². The summed E-state index contributed by atoms with van der Waals surface area (Å²) in [7, 11) is 0. The van der Waals surface area contributed by atoms with Crippen LogP contribution in [0, 0.1) is 0 Å². The number of aromatic hydroxyl groups is 2. The second-order valence-corrected chi connectivity index (χ2v) is 7.90. The van der Waals surface area contributed by atoms with Gasteiger partial charge in [-0.15, -0.1) is 0 Å². The first-order chi connectivity index (χ1) is 14.4. The van der Waals surface area contributed by atoms with Crippen LogP contribution in [0.1, 0.15) is 36.1 Å². The first-order valence-corrected chi connectivity index (χ1v) is 10.1. The number of ether oxygens (including phenoxy) is 4. The Balaban J connectivity index is 1.44. The van der Waals surface area contributed by atoms with Crippen molar-refractivity contribution in [1.82, 2.24) is 0 Å². The molecule has 3 aliphatic rings. The molecule has 0 bridgehead atoms. The summed E-state index contributed by atoms with van der Waals surface area (Å²) in [6, 6.07) is 10.7. The lowest BCUT2D eigenvalue weighted by Gasteiger charge is -2.50. The van der Waals surface area contributed by atoms with Gasteiger partial charge in [0.25, 0.3) is 0 Å². The average Bonchev–Trinajstić information content (AvgIpc) is 3.03. The number of hydrogen-bond donors (Lipinski definition) is 2. The third-order valence-corrected chi connectivity index (χ3v) is 6.10. The molecule has 1 fully saturated rings. The monoisotopic (exact) mass is 408 g/mol. The molecule has 2 aromatic carbocycles. The summed E-state index contributed by atoms with van der Waals surface area (Å²) in [5.41, 5.74) is 3.19. The third-order valence-electron chi connectivity index (χ3n) is 6.10. The van der Waals surface area contributed by atoms with Crippen molar-refractivity contribution in [3.05, 3.63) is 70.8 Å². The predicted octanol–water partition coefficient (Wildman–Crippen LogP) is 4.10. The Bertz CT molecular complexity index is 960. The molecule has 2 aromatic rings. The molecule has 5 rings (SSSR count). The van der Waals surface area contributed by atoms with Crippen molar-refractivity contribution >= 4 is 12.2 Å². The van der Waals surface area contributed by atoms with E-state index < -0.39 is 23.8 Å². The first-order valence-electron chi connectivity index (χ1n) is 10.1. The van der Waals surface area contributed by atoms with Crippen LogP contribution < -0.4 is 0 Å². The summed E-state index contributed by atoms with van der Waals surface area (Å²) >= 11 is 0. The normalized spacial score (nSPS) is 32.5. The van der Waals surface area contributed by atoms with Gasteiger partial charge in [-0.1, -0.05) is 36.4 Å². The zero-order valence-corrected chi connectivity index (χ0v) is 16.9. The SMILES string of the molecule is CC1OC2(C=Cc3cccc(O)c3CO2)C(C)OC12C=Cc1cccc(O)c1CO2. The quantitative estimate of drug-likeness (QED) is 0.683. The molecule has 0 saturated carbocycles. The molecule has 4 atom stereocenters. The Labute approximate surface area is 175 Å². The molecule has 3 heterocycles. The number of phenols is 2. The van der Waals surface area contributed by atoms with Crippen LogP contribution in [-0.2, 0) is 32.2 Å². The van der Waals surface area contributed by atoms with Crippen LogP contribution in [0.15, 0.2) is 48.6 Å². The fourth-order valence-corrected chi connectivity index (χ4v) is 4.25. The molecule has 2 N–H and O–H groups in total. The highest BCUT2D eigenvalue weighted by Crippen LogP contribution is 2.44. The molecule has 1 saturated heterocycles. The maximum atomic E-state index is 10.2. The number of fused-ring (bicyclic) bond motifs is 2. The summed E-state index contributed by atoms with van der Waals surface area (Å²) in [5, 5.41) is 20.4. The van der Waals surface area contributed by atoms with Gasteiger partial charge in [0.05, 0.1) is 13.2 Å². The largest absolute Gasteiger partial charge is 0.508 e. The van der Waals surface area contributed by atoms with E-state index in [1.54, 1.807) is 24.3 Å². The summed E-state index contributed by atoms with van der Waals surface area (Å²) < 4.78 is 25.1. The van der Waals surface area contributed by atoms with Gasteiger partial charge in [0, 0.05) is 11.1 Å². The molecular weight excluding hydrogens is 384 g/mol. The molecule has 4 unspecified atom stereocenters. The highest BCUT2D eigenvalue weighted by atomic mass is 16.8. The minimum absolute atomic E-state index is 0.190. The van der Waals surface area contributed by atoms with Crippen molar-refractivity contribution in [1.29, 1.82) is 0 Å². The molecule has 0 aromatic heterocycles. The van der Waals surface area contributed by atoms with Crippen molar-refractivity contribution in [3.8, 4) is 11.5 Å². The van der Waals surface area contributed by atoms with Crippen LogP contribution in [0.2, 0.25) is 0 Å². The number of rotatable bonds is 0. The van der Waals surface area contributed by atoms with Gasteiger partial charge in [0.2, 0.25) is 11.6 Å². The van der Waals surface area contributed by atoms with Crippen LogP contribution in [-0.4, -0.2) is 34.0 Å². The molecule has 0 aliphatic carbocycles. The van der Waals surface area contributed by atoms with E-state index in [9.17, 15) is 10.2 Å². The molecule has 156 valence electrons. The van der Waals surface area contributed by atoms with Crippen LogP contribution in [0.4, 0.5) is 0 Å². The van der Waals surface area contributed by atoms with Crippen molar-refractivity contribution in [3.63, 3.8) is 0 Å².